The van der Waals surface area contributed by atoms with Crippen LogP contribution in [0, 0.1) is 5.41 Å². The van der Waals surface area contributed by atoms with Crippen molar-refractivity contribution in [2.75, 3.05) is 6.61 Å². The Hall–Kier alpha value is 1.31. The van der Waals surface area contributed by atoms with Crippen molar-refractivity contribution in [2.45, 2.75) is 27.2 Å². The van der Waals surface area contributed by atoms with E-state index in [9.17, 15) is 0 Å². The molecule has 0 heterocycles. The average Bonchev–Trinajstić information content (AvgIpc) is 1.63. The molecule has 4 heteroatoms. The molecule has 0 aliphatic heterocycles. The summed E-state index contributed by atoms with van der Waals surface area (Å²) < 4.78 is 0. The van der Waals surface area contributed by atoms with Gasteiger partial charge in [0.25, 0.3) is 0 Å². The topological polar surface area (TPSA) is 20.2 Å². The Kier molecular flexibility index (Phi) is 11.7. The maximum atomic E-state index is 8.40. The van der Waals surface area contributed by atoms with Crippen LogP contribution in [0.2, 0.25) is 0 Å². The predicted molar refractivity (Wildman–Crippen MR) is 48.6 cm³/mol. The van der Waals surface area contributed by atoms with E-state index in [2.05, 4.69) is 20.8 Å². The summed E-state index contributed by atoms with van der Waals surface area (Å²) in [6.07, 6.45) is 0.896. The molecule has 0 unspecified atom stereocenters. The third kappa shape index (κ3) is 22.8. The maximum Gasteiger partial charge on any atom is 0.618 e. The molecule has 0 aliphatic carbocycles. The predicted octanol–water partition coefficient (Wildman–Crippen LogP) is 2.41. The molecule has 0 aliphatic rings. The summed E-state index contributed by atoms with van der Waals surface area (Å²) in [5.74, 6) is 0. The zero-order valence-electron chi connectivity index (χ0n) is 6.82. The second-order valence-electron chi connectivity index (χ2n) is 3.14. The van der Waals surface area contributed by atoms with Crippen molar-refractivity contribution in [1.29, 1.82) is 0 Å². The van der Waals surface area contributed by atoms with Gasteiger partial charge in [-0.1, -0.05) is 20.8 Å². The van der Waals surface area contributed by atoms with Gasteiger partial charge < -0.3 is 23.2 Å². The van der Waals surface area contributed by atoms with Crippen molar-refractivity contribution in [2.24, 2.45) is 5.41 Å². The second-order valence-corrected chi connectivity index (χ2v) is 5.76. The lowest BCUT2D eigenvalue weighted by Crippen LogP contribution is -2.06. The SMILES string of the molecule is CC(C)(C)CCO.[Cl][Mg][Cl]. The third-order valence-corrected chi connectivity index (χ3v) is 0.862. The van der Waals surface area contributed by atoms with Gasteiger partial charge in [-0.25, -0.2) is 0 Å². The van der Waals surface area contributed by atoms with Crippen molar-refractivity contribution >= 4 is 36.3 Å². The molecule has 0 amide bonds. The van der Waals surface area contributed by atoms with Gasteiger partial charge in [-0.05, 0) is 11.8 Å². The van der Waals surface area contributed by atoms with Crippen LogP contribution in [-0.4, -0.2) is 29.9 Å². The number of aliphatic hydroxyl groups is 1. The van der Waals surface area contributed by atoms with E-state index in [0.29, 0.717) is 12.0 Å². The highest BCUT2D eigenvalue weighted by Gasteiger charge is 2.06. The summed E-state index contributed by atoms with van der Waals surface area (Å²) in [5.41, 5.74) is 0.300. The van der Waals surface area contributed by atoms with Crippen LogP contribution in [0.3, 0.4) is 0 Å². The van der Waals surface area contributed by atoms with Crippen molar-refractivity contribution in [1.82, 2.24) is 0 Å². The summed E-state index contributed by atoms with van der Waals surface area (Å²) >= 11 is -0.639. The quantitative estimate of drug-likeness (QED) is 0.640. The molecule has 0 bridgehead atoms. The molecule has 0 saturated carbocycles. The highest BCUT2D eigenvalue weighted by atomic mass is 35.6. The molecule has 0 aromatic carbocycles. The van der Waals surface area contributed by atoms with Crippen LogP contribution < -0.4 is 0 Å². The standard InChI is InChI=1S/C6H14O.2ClH.Mg/c1-6(2,3)4-5-7;;;/h7H,4-5H2,1-3H3;2*1H;/q;;;+2/p-2. The van der Waals surface area contributed by atoms with Gasteiger partial charge in [-0.3, -0.25) is 0 Å². The molecule has 60 valence electrons. The van der Waals surface area contributed by atoms with E-state index in [-0.39, 0.29) is 0 Å². The average molecular weight is 197 g/mol. The van der Waals surface area contributed by atoms with Gasteiger partial charge in [0.15, 0.2) is 0 Å². The third-order valence-electron chi connectivity index (χ3n) is 0.862. The Balaban J connectivity index is 0. The minimum absolute atomic E-state index is 0.300. The Morgan fingerprint density at radius 3 is 1.60 bits per heavy atom. The molecule has 1 nitrogen and oxygen atoms in total. The Labute approximate surface area is 80.4 Å². The first-order valence-electron chi connectivity index (χ1n) is 3.20. The highest BCUT2D eigenvalue weighted by Crippen LogP contribution is 2.16. The molecule has 0 aromatic heterocycles. The molecule has 0 radical (unpaired) electrons. The summed E-state index contributed by atoms with van der Waals surface area (Å²) in [5, 5.41) is 8.40. The second kappa shape index (κ2) is 8.40. The van der Waals surface area contributed by atoms with Crippen LogP contribution in [0.4, 0.5) is 0 Å². The fourth-order valence-corrected chi connectivity index (χ4v) is 0.335. The largest absolute Gasteiger partial charge is 0.618 e. The van der Waals surface area contributed by atoms with Gasteiger partial charge in [0, 0.05) is 6.61 Å². The number of aliphatic hydroxyl groups excluding tert-OH is 1. The summed E-state index contributed by atoms with van der Waals surface area (Å²) in [6.45, 7) is 6.65. The van der Waals surface area contributed by atoms with Crippen LogP contribution in [0.5, 0.6) is 0 Å². The van der Waals surface area contributed by atoms with Gasteiger partial charge in [0.05, 0.1) is 0 Å². The van der Waals surface area contributed by atoms with E-state index in [1.165, 1.54) is 0 Å². The lowest BCUT2D eigenvalue weighted by atomic mass is 9.93. The number of hydrogen-bond donors (Lipinski definition) is 1. The van der Waals surface area contributed by atoms with Crippen LogP contribution in [-0.2, 0) is 0 Å². The summed E-state index contributed by atoms with van der Waals surface area (Å²) in [6, 6.07) is 0. The smallest absolute Gasteiger partial charge is 0.396 e. The van der Waals surface area contributed by atoms with Gasteiger partial charge in [0.1, 0.15) is 0 Å². The fraction of sp³-hybridized carbons (Fsp3) is 1.00. The van der Waals surface area contributed by atoms with Gasteiger partial charge in [0.2, 0.25) is 0 Å². The number of halogens is 2. The van der Waals surface area contributed by atoms with E-state index in [4.69, 9.17) is 23.2 Å². The Bertz CT molecular complexity index is 63.3. The lowest BCUT2D eigenvalue weighted by molar-refractivity contribution is 0.225. The van der Waals surface area contributed by atoms with Crippen molar-refractivity contribution in [3.05, 3.63) is 0 Å². The van der Waals surface area contributed by atoms with Crippen LogP contribution in [0.1, 0.15) is 27.2 Å². The molecule has 1 N–H and O–H groups in total. The van der Waals surface area contributed by atoms with Gasteiger partial charge >= 0.3 is 18.2 Å². The van der Waals surface area contributed by atoms with Crippen molar-refractivity contribution < 1.29 is 5.11 Å². The molecule has 0 rings (SSSR count). The molecule has 0 saturated heterocycles. The highest BCUT2D eigenvalue weighted by molar-refractivity contribution is 7.22. The molecule has 0 atom stereocenters. The van der Waals surface area contributed by atoms with E-state index in [1.807, 2.05) is 0 Å². The van der Waals surface area contributed by atoms with E-state index in [1.54, 1.807) is 0 Å². The minimum atomic E-state index is -0.639. The van der Waals surface area contributed by atoms with E-state index < -0.39 is 18.2 Å². The Morgan fingerprint density at radius 1 is 1.30 bits per heavy atom. The van der Waals surface area contributed by atoms with Gasteiger partial charge in [-0.2, -0.15) is 0 Å². The van der Waals surface area contributed by atoms with Crippen LogP contribution in [0.25, 0.3) is 0 Å². The summed E-state index contributed by atoms with van der Waals surface area (Å²) in [7, 11) is 9.81. The number of hydrogen-bond acceptors (Lipinski definition) is 1. The normalized spacial score (nSPS) is 9.40. The van der Waals surface area contributed by atoms with E-state index in [0.717, 1.165) is 6.42 Å². The first-order chi connectivity index (χ1) is 4.47. The first kappa shape index (κ1) is 13.9. The molecule has 0 aromatic rings. The fourth-order valence-electron chi connectivity index (χ4n) is 0.335. The zero-order chi connectivity index (χ0) is 8.62. The molecular formula is C6H14Cl2MgO. The molecule has 10 heavy (non-hydrogen) atoms. The molecule has 0 fully saturated rings. The molecular weight excluding hydrogens is 183 g/mol. The van der Waals surface area contributed by atoms with Crippen molar-refractivity contribution in [3.63, 3.8) is 0 Å². The lowest BCUT2D eigenvalue weighted by Gasteiger charge is -2.14. The van der Waals surface area contributed by atoms with Crippen LogP contribution in [0.15, 0.2) is 0 Å². The molecule has 0 spiro atoms. The zero-order valence-corrected chi connectivity index (χ0v) is 9.75. The number of rotatable bonds is 1. The monoisotopic (exact) mass is 196 g/mol. The maximum absolute atomic E-state index is 8.40. The Morgan fingerprint density at radius 2 is 1.60 bits per heavy atom. The first-order valence-corrected chi connectivity index (χ1v) is 7.48. The van der Waals surface area contributed by atoms with Gasteiger partial charge in [-0.15, -0.1) is 0 Å². The minimum Gasteiger partial charge on any atom is -0.396 e. The summed E-state index contributed by atoms with van der Waals surface area (Å²) in [4.78, 5) is 0. The van der Waals surface area contributed by atoms with E-state index >= 15 is 0 Å². The van der Waals surface area contributed by atoms with Crippen LogP contribution >= 0.6 is 18.1 Å². The van der Waals surface area contributed by atoms with Crippen molar-refractivity contribution in [3.8, 4) is 0 Å².